The van der Waals surface area contributed by atoms with Crippen LogP contribution in [0.1, 0.15) is 11.1 Å². The second kappa shape index (κ2) is 4.41. The lowest BCUT2D eigenvalue weighted by atomic mass is 10.1. The third-order valence-electron chi connectivity index (χ3n) is 2.78. The molecule has 0 aromatic heterocycles. The number of hydrogen-bond acceptors (Lipinski definition) is 4. The van der Waals surface area contributed by atoms with Crippen LogP contribution in [-0.2, 0) is 25.5 Å². The summed E-state index contributed by atoms with van der Waals surface area (Å²) in [6.45, 7) is 0. The van der Waals surface area contributed by atoms with E-state index in [-0.39, 0.29) is 0 Å². The Hall–Kier alpha value is -2.10. The number of fused-ring (bicyclic) bond motifs is 1. The van der Waals surface area contributed by atoms with Crippen LogP contribution in [0, 0.1) is 0 Å². The van der Waals surface area contributed by atoms with E-state index >= 15 is 0 Å². The van der Waals surface area contributed by atoms with Crippen LogP contribution in [0.3, 0.4) is 0 Å². The second-order valence-electron chi connectivity index (χ2n) is 3.67. The van der Waals surface area contributed by atoms with E-state index in [1.165, 1.54) is 14.2 Å². The van der Waals surface area contributed by atoms with E-state index in [1.807, 2.05) is 18.2 Å². The first-order chi connectivity index (χ1) is 8.19. The van der Waals surface area contributed by atoms with Crippen molar-refractivity contribution in [3.8, 4) is 0 Å². The third-order valence-corrected chi connectivity index (χ3v) is 2.78. The van der Waals surface area contributed by atoms with Crippen molar-refractivity contribution in [2.24, 2.45) is 0 Å². The molecule has 1 aromatic rings. The van der Waals surface area contributed by atoms with E-state index in [9.17, 15) is 9.59 Å². The highest BCUT2D eigenvalue weighted by Crippen LogP contribution is 2.33. The predicted molar refractivity (Wildman–Crippen MR) is 61.1 cm³/mol. The lowest BCUT2D eigenvalue weighted by Crippen LogP contribution is -2.11. The number of esters is 2. The van der Waals surface area contributed by atoms with E-state index in [1.54, 1.807) is 6.07 Å². The summed E-state index contributed by atoms with van der Waals surface area (Å²) in [4.78, 5) is 23.3. The second-order valence-corrected chi connectivity index (χ2v) is 3.67. The zero-order valence-electron chi connectivity index (χ0n) is 9.65. The first-order valence-corrected chi connectivity index (χ1v) is 5.17. The average Bonchev–Trinajstić information content (AvgIpc) is 2.76. The SMILES string of the molecule is COC(=O)C1=C(C(=O)OC)c2ccccc2C1. The Balaban J connectivity index is 2.55. The molecule has 1 aromatic carbocycles. The number of carbonyl (C=O) groups is 2. The van der Waals surface area contributed by atoms with Crippen LogP contribution in [-0.4, -0.2) is 26.2 Å². The molecular formula is C13H12O4. The van der Waals surface area contributed by atoms with Gasteiger partial charge in [-0.1, -0.05) is 24.3 Å². The van der Waals surface area contributed by atoms with Gasteiger partial charge in [0, 0.05) is 6.42 Å². The van der Waals surface area contributed by atoms with Crippen molar-refractivity contribution in [1.82, 2.24) is 0 Å². The number of hydrogen-bond donors (Lipinski definition) is 0. The van der Waals surface area contributed by atoms with E-state index in [4.69, 9.17) is 4.74 Å². The molecule has 0 saturated carbocycles. The molecule has 0 radical (unpaired) electrons. The van der Waals surface area contributed by atoms with Crippen molar-refractivity contribution >= 4 is 17.5 Å². The van der Waals surface area contributed by atoms with E-state index in [2.05, 4.69) is 4.74 Å². The highest BCUT2D eigenvalue weighted by molar-refractivity contribution is 6.24. The highest BCUT2D eigenvalue weighted by atomic mass is 16.5. The van der Waals surface area contributed by atoms with Crippen molar-refractivity contribution in [3.63, 3.8) is 0 Å². The quantitative estimate of drug-likeness (QED) is 0.722. The van der Waals surface area contributed by atoms with Crippen molar-refractivity contribution in [3.05, 3.63) is 41.0 Å². The Labute approximate surface area is 98.8 Å². The van der Waals surface area contributed by atoms with E-state index < -0.39 is 11.9 Å². The van der Waals surface area contributed by atoms with Crippen LogP contribution >= 0.6 is 0 Å². The molecule has 0 aliphatic heterocycles. The zero-order chi connectivity index (χ0) is 12.4. The summed E-state index contributed by atoms with van der Waals surface area (Å²) in [5.74, 6) is -0.989. The molecule has 0 bridgehead atoms. The Morgan fingerprint density at radius 1 is 1.06 bits per heavy atom. The van der Waals surface area contributed by atoms with Gasteiger partial charge in [0.25, 0.3) is 0 Å². The minimum atomic E-state index is -0.504. The van der Waals surface area contributed by atoms with Crippen LogP contribution in [0.4, 0.5) is 0 Å². The maximum atomic E-state index is 11.7. The fourth-order valence-corrected chi connectivity index (χ4v) is 1.99. The van der Waals surface area contributed by atoms with Crippen molar-refractivity contribution < 1.29 is 19.1 Å². The van der Waals surface area contributed by atoms with Gasteiger partial charge in [-0.05, 0) is 11.1 Å². The number of rotatable bonds is 2. The molecule has 88 valence electrons. The lowest BCUT2D eigenvalue weighted by molar-refractivity contribution is -0.137. The minimum Gasteiger partial charge on any atom is -0.466 e. The van der Waals surface area contributed by atoms with Crippen LogP contribution < -0.4 is 0 Å². The summed E-state index contributed by atoms with van der Waals surface area (Å²) in [5.41, 5.74) is 2.36. The molecule has 0 unspecified atom stereocenters. The monoisotopic (exact) mass is 232 g/mol. The van der Waals surface area contributed by atoms with Crippen molar-refractivity contribution in [1.29, 1.82) is 0 Å². The van der Waals surface area contributed by atoms with Crippen LogP contribution in [0.15, 0.2) is 29.8 Å². The van der Waals surface area contributed by atoms with Crippen molar-refractivity contribution in [2.45, 2.75) is 6.42 Å². The average molecular weight is 232 g/mol. The number of benzene rings is 1. The number of carbonyl (C=O) groups excluding carboxylic acids is 2. The molecule has 2 rings (SSSR count). The zero-order valence-corrected chi connectivity index (χ0v) is 9.65. The summed E-state index contributed by atoms with van der Waals surface area (Å²) >= 11 is 0. The van der Waals surface area contributed by atoms with E-state index in [0.29, 0.717) is 17.6 Å². The Morgan fingerprint density at radius 2 is 1.71 bits per heavy atom. The molecule has 4 heteroatoms. The van der Waals surface area contributed by atoms with Gasteiger partial charge in [0.05, 0.1) is 25.4 Å². The molecule has 1 aliphatic rings. The topological polar surface area (TPSA) is 52.6 Å². The maximum absolute atomic E-state index is 11.7. The van der Waals surface area contributed by atoms with Gasteiger partial charge in [-0.2, -0.15) is 0 Å². The van der Waals surface area contributed by atoms with Gasteiger partial charge < -0.3 is 9.47 Å². The Kier molecular flexibility index (Phi) is 2.95. The van der Waals surface area contributed by atoms with Crippen LogP contribution in [0.2, 0.25) is 0 Å². The molecule has 1 aliphatic carbocycles. The largest absolute Gasteiger partial charge is 0.466 e. The lowest BCUT2D eigenvalue weighted by Gasteiger charge is -2.04. The molecule has 0 amide bonds. The van der Waals surface area contributed by atoms with Crippen LogP contribution in [0.5, 0.6) is 0 Å². The molecule has 4 nitrogen and oxygen atoms in total. The number of methoxy groups -OCH3 is 2. The fourth-order valence-electron chi connectivity index (χ4n) is 1.99. The van der Waals surface area contributed by atoms with Gasteiger partial charge in [0.2, 0.25) is 0 Å². The third kappa shape index (κ3) is 1.82. The van der Waals surface area contributed by atoms with E-state index in [0.717, 1.165) is 11.1 Å². The summed E-state index contributed by atoms with van der Waals surface area (Å²) in [6, 6.07) is 7.38. The molecule has 0 heterocycles. The van der Waals surface area contributed by atoms with Gasteiger partial charge >= 0.3 is 11.9 Å². The summed E-state index contributed by atoms with van der Waals surface area (Å²) in [6.07, 6.45) is 0.410. The molecule has 0 N–H and O–H groups in total. The van der Waals surface area contributed by atoms with Crippen molar-refractivity contribution in [2.75, 3.05) is 14.2 Å². The Morgan fingerprint density at radius 3 is 2.35 bits per heavy atom. The van der Waals surface area contributed by atoms with Crippen LogP contribution in [0.25, 0.3) is 5.57 Å². The van der Waals surface area contributed by atoms with Gasteiger partial charge in [-0.15, -0.1) is 0 Å². The minimum absolute atomic E-state index is 0.315. The molecule has 0 fully saturated rings. The van der Waals surface area contributed by atoms with Gasteiger partial charge in [-0.3, -0.25) is 0 Å². The molecule has 0 atom stereocenters. The smallest absolute Gasteiger partial charge is 0.339 e. The van der Waals surface area contributed by atoms with Gasteiger partial charge in [0.15, 0.2) is 0 Å². The maximum Gasteiger partial charge on any atom is 0.339 e. The normalized spacial score (nSPS) is 13.3. The molecule has 0 saturated heterocycles. The summed E-state index contributed by atoms with van der Waals surface area (Å²) in [7, 11) is 2.60. The highest BCUT2D eigenvalue weighted by Gasteiger charge is 2.31. The summed E-state index contributed by atoms with van der Waals surface area (Å²) in [5, 5.41) is 0. The summed E-state index contributed by atoms with van der Waals surface area (Å²) < 4.78 is 9.40. The standard InChI is InChI=1S/C13H12O4/c1-16-12(14)10-7-8-5-3-4-6-9(8)11(10)13(15)17-2/h3-6H,7H2,1-2H3. The number of ether oxygens (including phenoxy) is 2. The van der Waals surface area contributed by atoms with Gasteiger partial charge in [-0.25, -0.2) is 9.59 Å². The molecule has 17 heavy (non-hydrogen) atoms. The fraction of sp³-hybridized carbons (Fsp3) is 0.231. The van der Waals surface area contributed by atoms with Gasteiger partial charge in [0.1, 0.15) is 0 Å². The predicted octanol–water partition coefficient (Wildman–Crippen LogP) is 1.34. The Bertz CT molecular complexity index is 514. The molecular weight excluding hydrogens is 220 g/mol. The first kappa shape index (κ1) is 11.4. The first-order valence-electron chi connectivity index (χ1n) is 5.17. The molecule has 0 spiro atoms.